The van der Waals surface area contributed by atoms with E-state index in [0.29, 0.717) is 5.69 Å². The van der Waals surface area contributed by atoms with Crippen molar-refractivity contribution in [2.45, 2.75) is 6.54 Å². The molecule has 1 amide bonds. The van der Waals surface area contributed by atoms with Gasteiger partial charge in [0.15, 0.2) is 5.76 Å². The summed E-state index contributed by atoms with van der Waals surface area (Å²) in [6.45, 7) is 0.0989. The van der Waals surface area contributed by atoms with Crippen LogP contribution < -0.4 is 5.32 Å². The molecule has 7 heteroatoms. The number of nitrogens with one attached hydrogen (secondary N) is 1. The van der Waals surface area contributed by atoms with Crippen LogP contribution in [0.1, 0.15) is 16.2 Å². The van der Waals surface area contributed by atoms with Crippen LogP contribution in [0.5, 0.6) is 0 Å². The molecule has 0 spiro atoms. The van der Waals surface area contributed by atoms with Crippen LogP contribution in [0.25, 0.3) is 11.3 Å². The van der Waals surface area contributed by atoms with E-state index in [0.717, 1.165) is 12.1 Å². The smallest absolute Gasteiger partial charge is 0.270 e. The molecule has 1 N–H and O–H groups in total. The van der Waals surface area contributed by atoms with Crippen molar-refractivity contribution >= 4 is 5.91 Å². The summed E-state index contributed by atoms with van der Waals surface area (Å²) in [7, 11) is 0. The number of hydrogen-bond donors (Lipinski definition) is 1. The quantitative estimate of drug-likeness (QED) is 0.804. The molecule has 0 atom stereocenters. The molecule has 3 aromatic rings. The fraction of sp³-hybridized carbons (Fsp3) is 0.0625. The number of halogens is 2. The first-order valence-corrected chi connectivity index (χ1v) is 6.74. The first-order valence-electron chi connectivity index (χ1n) is 6.74. The second-order valence-corrected chi connectivity index (χ2v) is 4.70. The molecule has 23 heavy (non-hydrogen) atoms. The Morgan fingerprint density at radius 2 is 2.04 bits per heavy atom. The summed E-state index contributed by atoms with van der Waals surface area (Å²) in [5.41, 5.74) is 0.787. The van der Waals surface area contributed by atoms with Crippen LogP contribution in [-0.2, 0) is 6.54 Å². The van der Waals surface area contributed by atoms with E-state index in [9.17, 15) is 13.6 Å². The molecule has 116 valence electrons. The third-order valence-corrected chi connectivity index (χ3v) is 3.08. The maximum absolute atomic E-state index is 13.7. The molecular formula is C16H11F2N3O2. The van der Waals surface area contributed by atoms with Crippen molar-refractivity contribution in [3.63, 3.8) is 0 Å². The highest BCUT2D eigenvalue weighted by molar-refractivity contribution is 5.92. The van der Waals surface area contributed by atoms with E-state index >= 15 is 0 Å². The first kappa shape index (κ1) is 14.8. The minimum Gasteiger partial charge on any atom is -0.356 e. The van der Waals surface area contributed by atoms with Gasteiger partial charge in [0.05, 0.1) is 12.1 Å². The number of benzene rings is 1. The molecule has 0 aliphatic carbocycles. The maximum atomic E-state index is 13.7. The van der Waals surface area contributed by atoms with Gasteiger partial charge < -0.3 is 9.84 Å². The summed E-state index contributed by atoms with van der Waals surface area (Å²) < 4.78 is 31.6. The van der Waals surface area contributed by atoms with Gasteiger partial charge in [-0.25, -0.2) is 8.78 Å². The van der Waals surface area contributed by atoms with Crippen LogP contribution in [0.3, 0.4) is 0 Å². The Morgan fingerprint density at radius 1 is 1.17 bits per heavy atom. The second kappa shape index (κ2) is 6.35. The van der Waals surface area contributed by atoms with E-state index in [2.05, 4.69) is 15.5 Å². The van der Waals surface area contributed by atoms with Crippen molar-refractivity contribution in [1.29, 1.82) is 0 Å². The number of rotatable bonds is 4. The Labute approximate surface area is 130 Å². The molecule has 0 unspecified atom stereocenters. The Morgan fingerprint density at radius 3 is 2.78 bits per heavy atom. The van der Waals surface area contributed by atoms with E-state index in [1.54, 1.807) is 18.2 Å². The number of carbonyl (C=O) groups is 1. The van der Waals surface area contributed by atoms with E-state index in [1.165, 1.54) is 18.3 Å². The minimum absolute atomic E-state index is 0.0983. The van der Waals surface area contributed by atoms with Crippen molar-refractivity contribution in [2.24, 2.45) is 0 Å². The van der Waals surface area contributed by atoms with Crippen molar-refractivity contribution in [1.82, 2.24) is 15.5 Å². The lowest BCUT2D eigenvalue weighted by Crippen LogP contribution is -2.23. The van der Waals surface area contributed by atoms with Crippen molar-refractivity contribution in [2.75, 3.05) is 0 Å². The molecule has 0 radical (unpaired) electrons. The Hall–Kier alpha value is -3.09. The molecule has 5 nitrogen and oxygen atoms in total. The van der Waals surface area contributed by atoms with Crippen LogP contribution in [-0.4, -0.2) is 16.0 Å². The van der Waals surface area contributed by atoms with Gasteiger partial charge in [0.25, 0.3) is 5.91 Å². The summed E-state index contributed by atoms with van der Waals surface area (Å²) in [4.78, 5) is 15.8. The average molecular weight is 315 g/mol. The SMILES string of the molecule is O=C(NCc1cc(-c2ccc(F)cc2F)on1)c1ccccn1. The number of amides is 1. The van der Waals surface area contributed by atoms with Gasteiger partial charge >= 0.3 is 0 Å². The number of aromatic nitrogens is 2. The molecule has 0 saturated carbocycles. The third-order valence-electron chi connectivity index (χ3n) is 3.08. The number of hydrogen-bond acceptors (Lipinski definition) is 4. The Kier molecular flexibility index (Phi) is 4.09. The van der Waals surface area contributed by atoms with E-state index in [4.69, 9.17) is 4.52 Å². The van der Waals surface area contributed by atoms with Gasteiger partial charge in [-0.1, -0.05) is 11.2 Å². The normalized spacial score (nSPS) is 10.5. The molecule has 2 heterocycles. The molecule has 0 saturated heterocycles. The average Bonchev–Trinajstić information content (AvgIpc) is 3.02. The summed E-state index contributed by atoms with van der Waals surface area (Å²) in [5.74, 6) is -1.62. The van der Waals surface area contributed by atoms with Crippen LogP contribution >= 0.6 is 0 Å². The fourth-order valence-corrected chi connectivity index (χ4v) is 1.97. The maximum Gasteiger partial charge on any atom is 0.270 e. The highest BCUT2D eigenvalue weighted by Gasteiger charge is 2.13. The molecule has 2 aromatic heterocycles. The zero-order chi connectivity index (χ0) is 16.2. The molecule has 0 fully saturated rings. The molecule has 3 rings (SSSR count). The lowest BCUT2D eigenvalue weighted by atomic mass is 10.1. The predicted octanol–water partition coefficient (Wildman–Crippen LogP) is 2.94. The number of nitrogens with zero attached hydrogens (tertiary/aromatic N) is 2. The summed E-state index contributed by atoms with van der Waals surface area (Å²) >= 11 is 0. The zero-order valence-electron chi connectivity index (χ0n) is 11.8. The van der Waals surface area contributed by atoms with Crippen molar-refractivity contribution < 1.29 is 18.1 Å². The van der Waals surface area contributed by atoms with Crippen LogP contribution in [0.4, 0.5) is 8.78 Å². The molecular weight excluding hydrogens is 304 g/mol. The first-order chi connectivity index (χ1) is 11.1. The van der Waals surface area contributed by atoms with Gasteiger partial charge in [0.1, 0.15) is 23.0 Å². The Bertz CT molecular complexity index is 834. The zero-order valence-corrected chi connectivity index (χ0v) is 11.8. The molecule has 0 bridgehead atoms. The lowest BCUT2D eigenvalue weighted by molar-refractivity contribution is 0.0945. The predicted molar refractivity (Wildman–Crippen MR) is 77.3 cm³/mol. The van der Waals surface area contributed by atoms with Gasteiger partial charge in [-0.15, -0.1) is 0 Å². The molecule has 0 aliphatic heterocycles. The van der Waals surface area contributed by atoms with Gasteiger partial charge in [-0.05, 0) is 24.3 Å². The highest BCUT2D eigenvalue weighted by atomic mass is 19.1. The van der Waals surface area contributed by atoms with Crippen LogP contribution in [0, 0.1) is 11.6 Å². The topological polar surface area (TPSA) is 68.0 Å². The summed E-state index contributed by atoms with van der Waals surface area (Å²) in [6.07, 6.45) is 1.51. The monoisotopic (exact) mass is 315 g/mol. The molecule has 0 aliphatic rings. The van der Waals surface area contributed by atoms with Gasteiger partial charge in [-0.3, -0.25) is 9.78 Å². The van der Waals surface area contributed by atoms with E-state index in [1.807, 2.05) is 0 Å². The van der Waals surface area contributed by atoms with E-state index in [-0.39, 0.29) is 29.5 Å². The Balaban J connectivity index is 1.69. The number of carbonyl (C=O) groups excluding carboxylic acids is 1. The minimum atomic E-state index is -0.745. The number of pyridine rings is 1. The van der Waals surface area contributed by atoms with Gasteiger partial charge in [-0.2, -0.15) is 0 Å². The van der Waals surface area contributed by atoms with Crippen molar-refractivity contribution in [3.8, 4) is 11.3 Å². The fourth-order valence-electron chi connectivity index (χ4n) is 1.97. The van der Waals surface area contributed by atoms with Crippen LogP contribution in [0.2, 0.25) is 0 Å². The van der Waals surface area contributed by atoms with E-state index < -0.39 is 11.6 Å². The third kappa shape index (κ3) is 3.39. The second-order valence-electron chi connectivity index (χ2n) is 4.70. The standard InChI is InChI=1S/C16H11F2N3O2/c17-10-4-5-12(13(18)7-10)15-8-11(21-23-15)9-20-16(22)14-3-1-2-6-19-14/h1-8H,9H2,(H,20,22). The largest absolute Gasteiger partial charge is 0.356 e. The highest BCUT2D eigenvalue weighted by Crippen LogP contribution is 2.24. The van der Waals surface area contributed by atoms with Gasteiger partial charge in [0.2, 0.25) is 0 Å². The summed E-state index contributed by atoms with van der Waals surface area (Å²) in [6, 6.07) is 9.63. The van der Waals surface area contributed by atoms with Gasteiger partial charge in [0, 0.05) is 18.3 Å². The molecule has 1 aromatic carbocycles. The van der Waals surface area contributed by atoms with Crippen LogP contribution in [0.15, 0.2) is 53.2 Å². The van der Waals surface area contributed by atoms with Crippen molar-refractivity contribution in [3.05, 3.63) is 71.7 Å². The summed E-state index contributed by atoms with van der Waals surface area (Å²) in [5, 5.41) is 6.38. The lowest BCUT2D eigenvalue weighted by Gasteiger charge is -2.01.